The molecule has 2 aliphatic heterocycles. The number of aliphatic carboxylic acids is 1. The largest absolute Gasteiger partial charge is 0.480 e. The topological polar surface area (TPSA) is 110 Å². The highest BCUT2D eigenvalue weighted by Gasteiger charge is 2.34. The van der Waals surface area contributed by atoms with Gasteiger partial charge in [0.15, 0.2) is 0 Å². The predicted octanol–water partition coefficient (Wildman–Crippen LogP) is 3.44. The second-order valence-electron chi connectivity index (χ2n) is 9.57. The van der Waals surface area contributed by atoms with Crippen molar-refractivity contribution >= 4 is 52.1 Å². The number of hydrogen-bond donors (Lipinski definition) is 1. The van der Waals surface area contributed by atoms with Gasteiger partial charge in [0.25, 0.3) is 11.5 Å². The molecule has 2 aromatic rings. The summed E-state index contributed by atoms with van der Waals surface area (Å²) in [5.74, 6) is -0.958. The maximum atomic E-state index is 13.5. The number of unbranched alkanes of at least 4 members (excludes halogenated alkanes) is 1. The number of aromatic nitrogens is 1. The van der Waals surface area contributed by atoms with Crippen LogP contribution in [-0.2, 0) is 22.7 Å². The summed E-state index contributed by atoms with van der Waals surface area (Å²) in [4.78, 5) is 43.7. The van der Waals surface area contributed by atoms with Crippen molar-refractivity contribution < 1.29 is 14.7 Å². The molecule has 0 spiro atoms. The van der Waals surface area contributed by atoms with Gasteiger partial charge in [-0.15, -0.1) is 0 Å². The van der Waals surface area contributed by atoms with Gasteiger partial charge < -0.3 is 10.0 Å². The number of amides is 1. The van der Waals surface area contributed by atoms with E-state index in [4.69, 9.17) is 12.2 Å². The Morgan fingerprint density at radius 2 is 1.87 bits per heavy atom. The second-order valence-corrected chi connectivity index (χ2v) is 11.2. The number of hydrogen-bond acceptors (Lipinski definition) is 8. The number of thiocarbonyl (C=S) groups is 1. The molecule has 1 N–H and O–H groups in total. The van der Waals surface area contributed by atoms with Crippen LogP contribution in [-0.4, -0.2) is 68.4 Å². The highest BCUT2D eigenvalue weighted by atomic mass is 32.2. The molecule has 0 atom stereocenters. The monoisotopic (exact) mass is 565 g/mol. The Balaban J connectivity index is 1.75. The lowest BCUT2D eigenvalue weighted by Gasteiger charge is -2.38. The molecule has 0 aliphatic carbocycles. The molecule has 4 rings (SSSR count). The zero-order valence-corrected chi connectivity index (χ0v) is 23.7. The van der Waals surface area contributed by atoms with Gasteiger partial charge in [0.2, 0.25) is 0 Å². The van der Waals surface area contributed by atoms with Crippen molar-refractivity contribution in [3.05, 3.63) is 67.8 Å². The van der Waals surface area contributed by atoms with Crippen LogP contribution in [0.4, 0.5) is 5.82 Å². The van der Waals surface area contributed by atoms with Crippen molar-refractivity contribution in [3.63, 3.8) is 0 Å². The summed E-state index contributed by atoms with van der Waals surface area (Å²) in [6, 6.07) is 12.3. The lowest BCUT2D eigenvalue weighted by Crippen LogP contribution is -2.48. The minimum Gasteiger partial charge on any atom is -0.480 e. The maximum Gasteiger partial charge on any atom is 0.323 e. The van der Waals surface area contributed by atoms with E-state index in [1.165, 1.54) is 5.56 Å². The Morgan fingerprint density at radius 1 is 1.18 bits per heavy atom. The standard InChI is InChI=1S/C28H31N5O4S2/c1-3-4-10-32-25(31-13-11-30(12-14-31)17-20-8-6-5-7-9-20)21(19(2)22(16-29)26(32)36)15-23-27(37)33(18-24(34)35)28(38)39-23/h5-9,15H,3-4,10-14,17-18H2,1-2H3,(H,34,35). The van der Waals surface area contributed by atoms with E-state index in [-0.39, 0.29) is 20.3 Å². The van der Waals surface area contributed by atoms with Gasteiger partial charge in [-0.25, -0.2) is 0 Å². The van der Waals surface area contributed by atoms with E-state index in [9.17, 15) is 24.8 Å². The third-order valence-corrected chi connectivity index (χ3v) is 8.32. The first kappa shape index (κ1) is 28.5. The summed E-state index contributed by atoms with van der Waals surface area (Å²) in [5, 5.41) is 19.1. The number of piperazine rings is 1. The second kappa shape index (κ2) is 12.6. The normalized spacial score (nSPS) is 17.2. The third kappa shape index (κ3) is 6.24. The number of nitrogens with zero attached hydrogens (tertiary/aromatic N) is 5. The van der Waals surface area contributed by atoms with Crippen LogP contribution < -0.4 is 10.5 Å². The Bertz CT molecular complexity index is 1410. The average molecular weight is 566 g/mol. The van der Waals surface area contributed by atoms with Gasteiger partial charge >= 0.3 is 5.97 Å². The molecule has 39 heavy (non-hydrogen) atoms. The molecule has 1 amide bonds. The summed E-state index contributed by atoms with van der Waals surface area (Å²) in [6.07, 6.45) is 3.30. The molecule has 3 heterocycles. The molecule has 1 aromatic carbocycles. The number of benzene rings is 1. The van der Waals surface area contributed by atoms with E-state index in [1.54, 1.807) is 17.6 Å². The number of rotatable bonds is 9. The van der Waals surface area contributed by atoms with Crippen molar-refractivity contribution in [3.8, 4) is 6.07 Å². The van der Waals surface area contributed by atoms with Gasteiger partial charge in [-0.2, -0.15) is 5.26 Å². The molecular weight excluding hydrogens is 534 g/mol. The predicted molar refractivity (Wildman–Crippen MR) is 157 cm³/mol. The highest BCUT2D eigenvalue weighted by molar-refractivity contribution is 8.26. The summed E-state index contributed by atoms with van der Waals surface area (Å²) >= 11 is 6.31. The number of thioether (sulfide) groups is 1. The molecule has 2 saturated heterocycles. The first-order chi connectivity index (χ1) is 18.7. The molecular formula is C28H31N5O4S2. The molecule has 2 aliphatic rings. The van der Waals surface area contributed by atoms with Gasteiger partial charge in [-0.1, -0.05) is 67.7 Å². The van der Waals surface area contributed by atoms with Crippen molar-refractivity contribution in [2.75, 3.05) is 37.6 Å². The summed E-state index contributed by atoms with van der Waals surface area (Å²) in [6.45, 7) is 7.45. The SMILES string of the molecule is CCCCn1c(N2CCN(Cc3ccccc3)CC2)c(C=C2SC(=S)N(CC(=O)O)C2=O)c(C)c(C#N)c1=O. The molecule has 0 bridgehead atoms. The molecule has 0 saturated carbocycles. The van der Waals surface area contributed by atoms with Crippen molar-refractivity contribution in [2.24, 2.45) is 0 Å². The van der Waals surface area contributed by atoms with Crippen LogP contribution in [0.25, 0.3) is 6.08 Å². The van der Waals surface area contributed by atoms with Gasteiger partial charge in [-0.3, -0.25) is 28.8 Å². The van der Waals surface area contributed by atoms with Crippen LogP contribution in [0, 0.1) is 18.3 Å². The average Bonchev–Trinajstić information content (AvgIpc) is 3.18. The van der Waals surface area contributed by atoms with Crippen molar-refractivity contribution in [1.29, 1.82) is 5.26 Å². The summed E-state index contributed by atoms with van der Waals surface area (Å²) in [5.41, 5.74) is 2.07. The molecule has 204 valence electrons. The lowest BCUT2D eigenvalue weighted by atomic mass is 10.0. The Labute approximate surface area is 237 Å². The highest BCUT2D eigenvalue weighted by Crippen LogP contribution is 2.36. The van der Waals surface area contributed by atoms with E-state index >= 15 is 0 Å². The molecule has 9 nitrogen and oxygen atoms in total. The van der Waals surface area contributed by atoms with E-state index < -0.39 is 18.4 Å². The van der Waals surface area contributed by atoms with Crippen molar-refractivity contribution in [2.45, 2.75) is 39.8 Å². The first-order valence-electron chi connectivity index (χ1n) is 12.9. The van der Waals surface area contributed by atoms with E-state index in [0.29, 0.717) is 36.6 Å². The number of carboxylic acids is 1. The maximum absolute atomic E-state index is 13.5. The van der Waals surface area contributed by atoms with Crippen LogP contribution in [0.5, 0.6) is 0 Å². The number of anilines is 1. The van der Waals surface area contributed by atoms with Crippen molar-refractivity contribution in [1.82, 2.24) is 14.4 Å². The van der Waals surface area contributed by atoms with Gasteiger partial charge in [0.05, 0.1) is 4.91 Å². The third-order valence-electron chi connectivity index (χ3n) is 6.94. The van der Waals surface area contributed by atoms with Crippen LogP contribution in [0.1, 0.15) is 42.0 Å². The number of carboxylic acid groups (broad SMARTS) is 1. The van der Waals surface area contributed by atoms with Crippen LogP contribution in [0.2, 0.25) is 0 Å². The fourth-order valence-electron chi connectivity index (χ4n) is 4.87. The number of pyridine rings is 1. The molecule has 2 fully saturated rings. The molecule has 0 radical (unpaired) electrons. The van der Waals surface area contributed by atoms with Gasteiger partial charge in [0.1, 0.15) is 28.3 Å². The lowest BCUT2D eigenvalue weighted by molar-refractivity contribution is -0.140. The zero-order valence-electron chi connectivity index (χ0n) is 22.1. The number of carbonyl (C=O) groups excluding carboxylic acids is 1. The van der Waals surface area contributed by atoms with E-state index in [0.717, 1.165) is 49.1 Å². The van der Waals surface area contributed by atoms with Gasteiger partial charge in [0, 0.05) is 44.8 Å². The van der Waals surface area contributed by atoms with E-state index in [1.807, 2.05) is 25.1 Å². The van der Waals surface area contributed by atoms with Crippen LogP contribution in [0.3, 0.4) is 0 Å². The number of carbonyl (C=O) groups is 2. The Morgan fingerprint density at radius 3 is 2.49 bits per heavy atom. The smallest absolute Gasteiger partial charge is 0.323 e. The molecule has 1 aromatic heterocycles. The fourth-order valence-corrected chi connectivity index (χ4v) is 6.11. The van der Waals surface area contributed by atoms with Crippen LogP contribution >= 0.6 is 24.0 Å². The minimum absolute atomic E-state index is 0.0461. The quantitative estimate of drug-likeness (QED) is 0.361. The van der Waals surface area contributed by atoms with E-state index in [2.05, 4.69) is 28.0 Å². The summed E-state index contributed by atoms with van der Waals surface area (Å²) < 4.78 is 1.84. The fraction of sp³-hybridized carbons (Fsp3) is 0.393. The summed E-state index contributed by atoms with van der Waals surface area (Å²) in [7, 11) is 0. The Kier molecular flexibility index (Phi) is 9.22. The van der Waals surface area contributed by atoms with Crippen LogP contribution in [0.15, 0.2) is 40.0 Å². The van der Waals surface area contributed by atoms with Gasteiger partial charge in [-0.05, 0) is 30.5 Å². The number of nitriles is 1. The Hall–Kier alpha value is -3.46. The first-order valence-corrected chi connectivity index (χ1v) is 14.1. The molecule has 0 unspecified atom stereocenters. The molecule has 11 heteroatoms. The zero-order chi connectivity index (χ0) is 28.1. The minimum atomic E-state index is -1.15.